The first-order valence-electron chi connectivity index (χ1n) is 7.36. The summed E-state index contributed by atoms with van der Waals surface area (Å²) in [5.74, 6) is 0.247. The Kier molecular flexibility index (Phi) is 6.06. The summed E-state index contributed by atoms with van der Waals surface area (Å²) in [6.07, 6.45) is 1.01. The molecule has 5 nitrogen and oxygen atoms in total. The molecule has 122 valence electrons. The van der Waals surface area contributed by atoms with E-state index in [0.717, 1.165) is 39.8 Å². The number of aryl methyl sites for hydroxylation is 1. The Morgan fingerprint density at radius 3 is 2.70 bits per heavy atom. The molecule has 2 aromatic rings. The SMILES string of the molecule is CCCNC(=S)N/N=C(\C)c1sc(-c2ccc(O)cc2)nc1C. The average molecular weight is 348 g/mol. The van der Waals surface area contributed by atoms with E-state index in [-0.39, 0.29) is 5.75 Å². The number of phenolic OH excluding ortho intramolecular Hbond substituents is 1. The Morgan fingerprint density at radius 1 is 1.35 bits per heavy atom. The van der Waals surface area contributed by atoms with Crippen molar-refractivity contribution in [3.05, 3.63) is 34.8 Å². The zero-order valence-corrected chi connectivity index (χ0v) is 15.0. The third-order valence-electron chi connectivity index (χ3n) is 3.10. The predicted octanol–water partition coefficient (Wildman–Crippen LogP) is 3.42. The summed E-state index contributed by atoms with van der Waals surface area (Å²) in [5.41, 5.74) is 5.59. The van der Waals surface area contributed by atoms with Gasteiger partial charge in [0, 0.05) is 12.1 Å². The van der Waals surface area contributed by atoms with Gasteiger partial charge < -0.3 is 10.4 Å². The van der Waals surface area contributed by atoms with Crippen LogP contribution in [0.4, 0.5) is 0 Å². The summed E-state index contributed by atoms with van der Waals surface area (Å²) in [6, 6.07) is 7.02. The highest BCUT2D eigenvalue weighted by Crippen LogP contribution is 2.29. The van der Waals surface area contributed by atoms with Crippen molar-refractivity contribution in [1.29, 1.82) is 0 Å². The number of hydrogen-bond acceptors (Lipinski definition) is 5. The Bertz CT molecular complexity index is 707. The molecule has 0 saturated carbocycles. The van der Waals surface area contributed by atoms with Crippen molar-refractivity contribution in [1.82, 2.24) is 15.7 Å². The van der Waals surface area contributed by atoms with E-state index < -0.39 is 0 Å². The predicted molar refractivity (Wildman–Crippen MR) is 100 cm³/mol. The molecule has 0 saturated heterocycles. The van der Waals surface area contributed by atoms with Gasteiger partial charge in [-0.05, 0) is 56.8 Å². The van der Waals surface area contributed by atoms with Gasteiger partial charge in [0.1, 0.15) is 10.8 Å². The fourth-order valence-corrected chi connectivity index (χ4v) is 3.09. The second-order valence-corrected chi connectivity index (χ2v) is 6.45. The van der Waals surface area contributed by atoms with Gasteiger partial charge in [-0.25, -0.2) is 4.98 Å². The number of nitrogens with zero attached hydrogens (tertiary/aromatic N) is 2. The Labute approximate surface area is 145 Å². The van der Waals surface area contributed by atoms with Gasteiger partial charge in [0.05, 0.1) is 16.3 Å². The highest BCUT2D eigenvalue weighted by Gasteiger charge is 2.12. The summed E-state index contributed by atoms with van der Waals surface area (Å²) in [6.45, 7) is 6.79. The maximum Gasteiger partial charge on any atom is 0.186 e. The molecule has 2 rings (SSSR count). The average Bonchev–Trinajstić information content (AvgIpc) is 2.93. The van der Waals surface area contributed by atoms with Crippen molar-refractivity contribution in [3.63, 3.8) is 0 Å². The second kappa shape index (κ2) is 8.03. The molecule has 0 fully saturated rings. The molecule has 23 heavy (non-hydrogen) atoms. The normalized spacial score (nSPS) is 11.3. The number of hydrogen-bond donors (Lipinski definition) is 3. The van der Waals surface area contributed by atoms with Gasteiger partial charge >= 0.3 is 0 Å². The topological polar surface area (TPSA) is 69.5 Å². The molecule has 1 heterocycles. The van der Waals surface area contributed by atoms with E-state index in [0.29, 0.717) is 5.11 Å². The van der Waals surface area contributed by atoms with Gasteiger partial charge in [-0.1, -0.05) is 6.92 Å². The van der Waals surface area contributed by atoms with Crippen molar-refractivity contribution in [2.75, 3.05) is 6.54 Å². The lowest BCUT2D eigenvalue weighted by Crippen LogP contribution is -2.32. The lowest BCUT2D eigenvalue weighted by Gasteiger charge is -2.05. The number of hydrazone groups is 1. The van der Waals surface area contributed by atoms with Crippen LogP contribution in [0.15, 0.2) is 29.4 Å². The zero-order chi connectivity index (χ0) is 16.8. The van der Waals surface area contributed by atoms with E-state index in [2.05, 4.69) is 27.8 Å². The highest BCUT2D eigenvalue weighted by atomic mass is 32.1. The first-order valence-corrected chi connectivity index (χ1v) is 8.59. The zero-order valence-electron chi connectivity index (χ0n) is 13.4. The molecule has 1 aromatic heterocycles. The number of thiocarbonyl (C=S) groups is 1. The van der Waals surface area contributed by atoms with Crippen molar-refractivity contribution in [3.8, 4) is 16.3 Å². The van der Waals surface area contributed by atoms with Crippen LogP contribution in [0, 0.1) is 6.92 Å². The molecule has 0 spiro atoms. The summed E-state index contributed by atoms with van der Waals surface area (Å²) in [4.78, 5) is 5.60. The van der Waals surface area contributed by atoms with Crippen LogP contribution in [-0.4, -0.2) is 27.5 Å². The maximum atomic E-state index is 9.37. The smallest absolute Gasteiger partial charge is 0.186 e. The number of benzene rings is 1. The molecule has 0 bridgehead atoms. The van der Waals surface area contributed by atoms with E-state index >= 15 is 0 Å². The lowest BCUT2D eigenvalue weighted by molar-refractivity contribution is 0.475. The molecule has 0 atom stereocenters. The van der Waals surface area contributed by atoms with Crippen LogP contribution in [0.5, 0.6) is 5.75 Å². The van der Waals surface area contributed by atoms with Crippen molar-refractivity contribution >= 4 is 34.4 Å². The van der Waals surface area contributed by atoms with Crippen LogP contribution in [-0.2, 0) is 0 Å². The third kappa shape index (κ3) is 4.74. The van der Waals surface area contributed by atoms with Crippen LogP contribution < -0.4 is 10.7 Å². The molecule has 0 unspecified atom stereocenters. The molecule has 0 aliphatic carbocycles. The molecule has 1 aromatic carbocycles. The maximum absolute atomic E-state index is 9.37. The van der Waals surface area contributed by atoms with Gasteiger partial charge in [0.25, 0.3) is 0 Å². The largest absolute Gasteiger partial charge is 0.508 e. The number of thiazole rings is 1. The molecular formula is C16H20N4OS2. The number of rotatable bonds is 5. The Morgan fingerprint density at radius 2 is 2.04 bits per heavy atom. The van der Waals surface area contributed by atoms with E-state index in [1.165, 1.54) is 0 Å². The molecule has 0 radical (unpaired) electrons. The van der Waals surface area contributed by atoms with Crippen LogP contribution in [0.25, 0.3) is 10.6 Å². The summed E-state index contributed by atoms with van der Waals surface area (Å²) in [7, 11) is 0. The lowest BCUT2D eigenvalue weighted by atomic mass is 10.2. The molecule has 0 aliphatic rings. The minimum Gasteiger partial charge on any atom is -0.508 e. The molecular weight excluding hydrogens is 328 g/mol. The van der Waals surface area contributed by atoms with E-state index in [1.54, 1.807) is 23.5 Å². The van der Waals surface area contributed by atoms with Gasteiger partial charge in [-0.3, -0.25) is 5.43 Å². The molecule has 0 amide bonds. The number of aromatic hydroxyl groups is 1. The molecule has 0 aliphatic heterocycles. The molecule has 7 heteroatoms. The minimum atomic E-state index is 0.247. The van der Waals surface area contributed by atoms with Gasteiger partial charge in [-0.2, -0.15) is 5.10 Å². The van der Waals surface area contributed by atoms with Crippen molar-refractivity contribution < 1.29 is 5.11 Å². The number of phenols is 1. The first-order chi connectivity index (χ1) is 11.0. The quantitative estimate of drug-likeness (QED) is 0.439. The van der Waals surface area contributed by atoms with Crippen molar-refractivity contribution in [2.45, 2.75) is 27.2 Å². The van der Waals surface area contributed by atoms with Crippen LogP contribution in [0.1, 0.15) is 30.8 Å². The van der Waals surface area contributed by atoms with Crippen molar-refractivity contribution in [2.24, 2.45) is 5.10 Å². The highest BCUT2D eigenvalue weighted by molar-refractivity contribution is 7.80. The summed E-state index contributed by atoms with van der Waals surface area (Å²) in [5, 5.41) is 18.2. The van der Waals surface area contributed by atoms with Crippen LogP contribution in [0.2, 0.25) is 0 Å². The number of nitrogens with one attached hydrogen (secondary N) is 2. The summed E-state index contributed by atoms with van der Waals surface area (Å²) < 4.78 is 0. The molecule has 3 N–H and O–H groups in total. The Hall–Kier alpha value is -1.99. The monoisotopic (exact) mass is 348 g/mol. The Balaban J connectivity index is 2.13. The van der Waals surface area contributed by atoms with Gasteiger partial charge in [-0.15, -0.1) is 11.3 Å². The van der Waals surface area contributed by atoms with E-state index in [4.69, 9.17) is 12.2 Å². The fourth-order valence-electron chi connectivity index (χ4n) is 1.92. The number of aromatic nitrogens is 1. The first kappa shape index (κ1) is 17.4. The second-order valence-electron chi connectivity index (χ2n) is 5.05. The standard InChI is InChI=1S/C16H20N4OS2/c1-4-9-17-16(22)20-19-11(3)14-10(2)18-15(23-14)12-5-7-13(21)8-6-12/h5-8,21H,4,9H2,1-3H3,(H2,17,20,22)/b19-11+. The fraction of sp³-hybridized carbons (Fsp3) is 0.312. The van der Waals surface area contributed by atoms with Crippen LogP contribution >= 0.6 is 23.6 Å². The summed E-state index contributed by atoms with van der Waals surface area (Å²) >= 11 is 6.72. The minimum absolute atomic E-state index is 0.247. The third-order valence-corrected chi connectivity index (χ3v) is 4.65. The van der Waals surface area contributed by atoms with Gasteiger partial charge in [0.2, 0.25) is 0 Å². The van der Waals surface area contributed by atoms with Crippen LogP contribution in [0.3, 0.4) is 0 Å². The van der Waals surface area contributed by atoms with Gasteiger partial charge in [0.15, 0.2) is 5.11 Å². The van der Waals surface area contributed by atoms with E-state index in [1.807, 2.05) is 26.0 Å². The van der Waals surface area contributed by atoms with E-state index in [9.17, 15) is 5.11 Å².